The molecule has 3 amide bonds. The lowest BCUT2D eigenvalue weighted by molar-refractivity contribution is -0.343. The molecule has 5 aliphatic heterocycles. The molecule has 3 aromatic carbocycles. The average Bonchev–Trinajstić information content (AvgIpc) is 3.20. The van der Waals surface area contributed by atoms with Gasteiger partial charge in [-0.25, -0.2) is 14.3 Å². The number of nitrogens with zero attached hydrogens (tertiary/aromatic N) is 4. The molecule has 28 nitrogen and oxygen atoms in total. The fourth-order valence-corrected chi connectivity index (χ4v) is 11.9. The van der Waals surface area contributed by atoms with Crippen molar-refractivity contribution < 1.29 is 111 Å². The number of alkyl carbamates (subject to hydrolysis) is 1. The molecule has 3 unspecified atom stereocenters. The molecule has 2 bridgehead atoms. The second-order valence-corrected chi connectivity index (χ2v) is 20.5. The van der Waals surface area contributed by atoms with E-state index in [9.17, 15) is 54.6 Å². The van der Waals surface area contributed by atoms with E-state index in [0.29, 0.717) is 51.9 Å². The number of hydrogen-bond acceptors (Lipinski definition) is 24. The van der Waals surface area contributed by atoms with Crippen LogP contribution in [0.25, 0.3) is 16.5 Å². The van der Waals surface area contributed by atoms with Crippen molar-refractivity contribution in [2.45, 2.75) is 99.5 Å². The smallest absolute Gasteiger partial charge is 0.407 e. The third-order valence-electron chi connectivity index (χ3n) is 15.1. The quantitative estimate of drug-likeness (QED) is 0.0272. The molecule has 6 aliphatic rings. The second kappa shape index (κ2) is 24.0. The van der Waals surface area contributed by atoms with E-state index >= 15 is 0 Å². The van der Waals surface area contributed by atoms with Gasteiger partial charge >= 0.3 is 12.1 Å². The van der Waals surface area contributed by atoms with Crippen LogP contribution in [0, 0.1) is 6.92 Å². The lowest BCUT2D eigenvalue weighted by Gasteiger charge is -2.53. The summed E-state index contributed by atoms with van der Waals surface area (Å²) in [6.07, 6.45) is -7.52. The van der Waals surface area contributed by atoms with Crippen LogP contribution in [0.1, 0.15) is 57.3 Å². The minimum atomic E-state index is -2.20. The van der Waals surface area contributed by atoms with Gasteiger partial charge in [0, 0.05) is 47.5 Å². The number of phenols is 1. The van der Waals surface area contributed by atoms with Crippen molar-refractivity contribution in [2.75, 3.05) is 78.9 Å². The summed E-state index contributed by atoms with van der Waals surface area (Å²) in [4.78, 5) is 63.1. The van der Waals surface area contributed by atoms with Crippen LogP contribution in [0.5, 0.6) is 23.0 Å². The Morgan fingerprint density at radius 3 is 2.29 bits per heavy atom. The highest BCUT2D eigenvalue weighted by molar-refractivity contribution is 9.09. The summed E-state index contributed by atoms with van der Waals surface area (Å²) < 4.78 is 72.2. The average molecular weight is 1210 g/mol. The highest BCUT2D eigenvalue weighted by atomic mass is 79.9. The number of imide groups is 1. The first-order valence-electron chi connectivity index (χ1n) is 26.1. The summed E-state index contributed by atoms with van der Waals surface area (Å²) in [5.41, 5.74) is 0.403. The number of aromatic hydroxyl groups is 1. The first-order valence-corrected chi connectivity index (χ1v) is 27.2. The Hall–Kier alpha value is -6.45. The number of amides is 3. The number of Topliss-reactive ketones (excluding diaryl/α,β-unsaturated/α-hetero) is 1. The van der Waals surface area contributed by atoms with Gasteiger partial charge in [0.2, 0.25) is 12.1 Å². The maximum absolute atomic E-state index is 13.6. The molecule has 6 heterocycles. The largest absolute Gasteiger partial charge is 0.506 e. The fourth-order valence-electron chi connectivity index (χ4n) is 11.1. The summed E-state index contributed by atoms with van der Waals surface area (Å²) in [5, 5.41) is 77.2. The molecular formula is C53H60BrN5O23. The summed E-state index contributed by atoms with van der Waals surface area (Å²) in [6, 6.07) is 6.13. The number of aromatic nitrogens is 3. The molecule has 442 valence electrons. The number of alkyl halides is 1. The molecule has 10 atom stereocenters. The third kappa shape index (κ3) is 10.4. The van der Waals surface area contributed by atoms with Gasteiger partial charge in [-0.15, -0.1) is 5.10 Å². The van der Waals surface area contributed by atoms with Gasteiger partial charge in [0.25, 0.3) is 17.6 Å². The van der Waals surface area contributed by atoms with E-state index in [0.717, 1.165) is 4.90 Å². The van der Waals surface area contributed by atoms with Gasteiger partial charge in [-0.1, -0.05) is 27.2 Å². The fraction of sp³-hybridized carbons (Fsp3) is 0.528. The van der Waals surface area contributed by atoms with Gasteiger partial charge in [-0.05, 0) is 49.1 Å². The number of aliphatic carboxylic acids is 1. The van der Waals surface area contributed by atoms with E-state index in [1.807, 2.05) is 6.92 Å². The van der Waals surface area contributed by atoms with Crippen LogP contribution in [-0.2, 0) is 76.6 Å². The zero-order chi connectivity index (χ0) is 58.3. The lowest BCUT2D eigenvalue weighted by atomic mass is 9.76. The Balaban J connectivity index is 0.787. The van der Waals surface area contributed by atoms with Gasteiger partial charge in [0.1, 0.15) is 65.4 Å². The van der Waals surface area contributed by atoms with Crippen LogP contribution in [0.3, 0.4) is 0 Å². The monoisotopic (exact) mass is 1210 g/mol. The van der Waals surface area contributed by atoms with Crippen LogP contribution in [0.2, 0.25) is 0 Å². The number of aliphatic hydroxyl groups excluding tert-OH is 3. The number of halogens is 1. The van der Waals surface area contributed by atoms with Gasteiger partial charge < -0.3 is 92.8 Å². The number of aliphatic hydroxyl groups is 4. The van der Waals surface area contributed by atoms with E-state index < -0.39 is 85.3 Å². The summed E-state index contributed by atoms with van der Waals surface area (Å²) in [7, 11) is 2.80. The number of carboxylic acid groups (broad SMARTS) is 1. The van der Waals surface area contributed by atoms with Crippen molar-refractivity contribution in [1.29, 1.82) is 0 Å². The van der Waals surface area contributed by atoms with E-state index in [4.69, 9.17) is 56.8 Å². The Morgan fingerprint density at radius 1 is 0.902 bits per heavy atom. The van der Waals surface area contributed by atoms with E-state index in [2.05, 4.69) is 31.6 Å². The van der Waals surface area contributed by atoms with Crippen molar-refractivity contribution in [1.82, 2.24) is 25.2 Å². The Morgan fingerprint density at radius 2 is 1.61 bits per heavy atom. The van der Waals surface area contributed by atoms with Crippen LogP contribution in [0.15, 0.2) is 42.6 Å². The number of aryl methyl sites for hydroxylation is 1. The first-order chi connectivity index (χ1) is 39.4. The SMILES string of the molecule is COc1c2c(c(O)c3c4c(c(C)cc13)C1OC3(CNC(=O)OCc5ccc(O[C@@H]6O[C@H](C(=O)O)[C@@H](O)[C@H](O)[C@H]6O)c(-n6cc(COCCOCCOCCOCCN7C(=O)C=CC7=O)nn6)c5)OC1[C@@](OC)(O4)[C@@]3(O)CBr)C(=O)CCC2. The molecular weight excluding hydrogens is 1150 g/mol. The molecule has 82 heavy (non-hydrogen) atoms. The van der Waals surface area contributed by atoms with E-state index in [-0.39, 0.29) is 123 Å². The molecule has 3 fully saturated rings. The standard InChI is InChI=1S/C53H60BrN5O23/c1-26-19-30-38(39(63)37-29(43(30)71-2)5-4-6-32(37)60)44-36(26)45-47-53(72-3,81-44)51(70,24-54)52(80-45,82-47)25-55-50(69)77-22-27-7-8-33(78-49-42(66)40(64)41(65)46(79-49)48(67)68)31(20-27)59-21-28(56-57-59)23-76-18-17-75-16-15-74-14-13-73-12-11-58-34(61)9-10-35(58)62/h7-10,19-21,40-42,45-47,49,63-66,70H,4-6,11-18,22-25H2,1-3H3,(H,55,69)(H,67,68)/t40-,41-,42+,45?,46-,47?,49+,51+,52?,53+/m0/s1. The summed E-state index contributed by atoms with van der Waals surface area (Å²) >= 11 is 3.41. The van der Waals surface area contributed by atoms with E-state index in [1.54, 1.807) is 6.07 Å². The number of rotatable bonds is 25. The number of methoxy groups -OCH3 is 2. The highest BCUT2D eigenvalue weighted by Crippen LogP contribution is 2.66. The number of phenolic OH excluding ortho intramolecular Hbond substituents is 1. The number of benzene rings is 3. The Kier molecular flexibility index (Phi) is 17.2. The van der Waals surface area contributed by atoms with Gasteiger partial charge in [-0.2, -0.15) is 0 Å². The van der Waals surface area contributed by atoms with Crippen LogP contribution >= 0.6 is 15.9 Å². The molecule has 7 N–H and O–H groups in total. The van der Waals surface area contributed by atoms with E-state index in [1.165, 1.54) is 55.4 Å². The minimum absolute atomic E-state index is 0.0281. The number of carbonyl (C=O) groups excluding carboxylic acids is 4. The Labute approximate surface area is 474 Å². The van der Waals surface area contributed by atoms with Crippen molar-refractivity contribution in [3.8, 4) is 28.7 Å². The van der Waals surface area contributed by atoms with Crippen molar-refractivity contribution in [3.05, 3.63) is 76.1 Å². The maximum atomic E-state index is 13.6. The second-order valence-electron chi connectivity index (χ2n) is 20.0. The van der Waals surface area contributed by atoms with Crippen LogP contribution < -0.4 is 19.5 Å². The predicted molar refractivity (Wildman–Crippen MR) is 277 cm³/mol. The van der Waals surface area contributed by atoms with Gasteiger partial charge in [-0.3, -0.25) is 19.3 Å². The molecule has 10 rings (SSSR count). The van der Waals surface area contributed by atoms with Crippen molar-refractivity contribution in [3.63, 3.8) is 0 Å². The van der Waals surface area contributed by atoms with Gasteiger partial charge in [0.15, 0.2) is 23.6 Å². The normalized spacial score (nSPS) is 27.9. The third-order valence-corrected chi connectivity index (χ3v) is 15.9. The predicted octanol–water partition coefficient (Wildman–Crippen LogP) is 0.678. The lowest BCUT2D eigenvalue weighted by Crippen LogP contribution is -2.75. The van der Waals surface area contributed by atoms with Crippen LogP contribution in [-0.4, -0.2) is 213 Å². The molecule has 0 spiro atoms. The Bertz CT molecular complexity index is 3140. The minimum Gasteiger partial charge on any atom is -0.506 e. The number of ketones is 1. The molecule has 3 saturated heterocycles. The number of ether oxygens (including phenoxy) is 12. The number of carbonyl (C=O) groups is 5. The number of hydrogen-bond donors (Lipinski definition) is 7. The van der Waals surface area contributed by atoms with Gasteiger partial charge in [0.05, 0.1) is 90.2 Å². The summed E-state index contributed by atoms with van der Waals surface area (Å²) in [5.74, 6) is -6.53. The topological polar surface area (TPSA) is 363 Å². The van der Waals surface area contributed by atoms with Crippen LogP contribution in [0.4, 0.5) is 4.79 Å². The first kappa shape index (κ1) is 58.7. The number of fused-ring (bicyclic) bond motifs is 6. The highest BCUT2D eigenvalue weighted by Gasteiger charge is 2.85. The number of carboxylic acids is 1. The molecule has 4 aromatic rings. The molecule has 29 heteroatoms. The molecule has 0 saturated carbocycles. The number of nitrogens with one attached hydrogen (secondary N) is 1. The zero-order valence-corrected chi connectivity index (χ0v) is 46.1. The van der Waals surface area contributed by atoms with Crippen molar-refractivity contribution in [2.24, 2.45) is 0 Å². The molecule has 1 aromatic heterocycles. The molecule has 0 radical (unpaired) electrons. The zero-order valence-electron chi connectivity index (χ0n) is 44.5. The van der Waals surface area contributed by atoms with Crippen molar-refractivity contribution >= 4 is 56.4 Å². The maximum Gasteiger partial charge on any atom is 0.407 e. The summed E-state index contributed by atoms with van der Waals surface area (Å²) in [6.45, 7) is 2.63. The molecule has 1 aliphatic carbocycles.